The lowest BCUT2D eigenvalue weighted by atomic mass is 10.1. The number of para-hydroxylation sites is 1. The summed E-state index contributed by atoms with van der Waals surface area (Å²) in [6.07, 6.45) is 2.25. The number of nitrogens with zero attached hydrogens (tertiary/aromatic N) is 3. The molecular formula is C22H23FN4OS. The number of rotatable bonds is 7. The van der Waals surface area contributed by atoms with Crippen molar-refractivity contribution in [2.45, 2.75) is 49.1 Å². The monoisotopic (exact) mass is 410 g/mol. The van der Waals surface area contributed by atoms with Crippen molar-refractivity contribution >= 4 is 17.7 Å². The van der Waals surface area contributed by atoms with Crippen LogP contribution in [0.3, 0.4) is 0 Å². The molecule has 29 heavy (non-hydrogen) atoms. The Kier molecular flexibility index (Phi) is 5.67. The van der Waals surface area contributed by atoms with Gasteiger partial charge in [0.25, 0.3) is 0 Å². The van der Waals surface area contributed by atoms with Crippen LogP contribution in [0.15, 0.2) is 59.8 Å². The van der Waals surface area contributed by atoms with E-state index in [4.69, 9.17) is 4.98 Å². The zero-order chi connectivity index (χ0) is 20.4. The summed E-state index contributed by atoms with van der Waals surface area (Å²) in [6, 6.07) is 15.9. The highest BCUT2D eigenvalue weighted by Gasteiger charge is 2.31. The first kappa shape index (κ1) is 19.6. The number of halogens is 1. The van der Waals surface area contributed by atoms with E-state index in [1.54, 1.807) is 12.1 Å². The second-order valence-corrected chi connectivity index (χ2v) is 8.62. The Hall–Kier alpha value is -2.67. The van der Waals surface area contributed by atoms with E-state index in [0.717, 1.165) is 29.9 Å². The lowest BCUT2D eigenvalue weighted by molar-refractivity contribution is -0.120. The van der Waals surface area contributed by atoms with Gasteiger partial charge in [-0.3, -0.25) is 4.79 Å². The summed E-state index contributed by atoms with van der Waals surface area (Å²) in [4.78, 5) is 17.3. The predicted molar refractivity (Wildman–Crippen MR) is 112 cm³/mol. The largest absolute Gasteiger partial charge is 0.349 e. The van der Waals surface area contributed by atoms with Gasteiger partial charge in [0.05, 0.1) is 17.0 Å². The number of nitrogens with one attached hydrogen (secondary N) is 1. The minimum atomic E-state index is -0.350. The van der Waals surface area contributed by atoms with Crippen molar-refractivity contribution in [2.75, 3.05) is 0 Å². The number of benzene rings is 2. The first-order valence-electron chi connectivity index (χ1n) is 9.76. The molecule has 1 saturated carbocycles. The predicted octanol–water partition coefficient (Wildman–Crippen LogP) is 4.64. The summed E-state index contributed by atoms with van der Waals surface area (Å²) in [5.41, 5.74) is 1.84. The number of thioether (sulfide) groups is 1. The molecule has 0 bridgehead atoms. The van der Waals surface area contributed by atoms with Crippen molar-refractivity contribution in [3.8, 4) is 5.69 Å². The van der Waals surface area contributed by atoms with Gasteiger partial charge in [0.1, 0.15) is 11.6 Å². The summed E-state index contributed by atoms with van der Waals surface area (Å²) >= 11 is 1.35. The van der Waals surface area contributed by atoms with Gasteiger partial charge in [0.15, 0.2) is 0 Å². The normalized spacial score (nSPS) is 15.7. The van der Waals surface area contributed by atoms with E-state index in [1.807, 2.05) is 48.9 Å². The van der Waals surface area contributed by atoms with Crippen molar-refractivity contribution < 1.29 is 9.18 Å². The van der Waals surface area contributed by atoms with Crippen molar-refractivity contribution in [3.05, 3.63) is 71.8 Å². The second kappa shape index (κ2) is 8.37. The smallest absolute Gasteiger partial charge is 0.233 e. The maximum atomic E-state index is 13.1. The summed E-state index contributed by atoms with van der Waals surface area (Å²) < 4.78 is 15.0. The van der Waals surface area contributed by atoms with Gasteiger partial charge < -0.3 is 5.32 Å². The average Bonchev–Trinajstić information content (AvgIpc) is 3.49. The van der Waals surface area contributed by atoms with Crippen LogP contribution in [0.1, 0.15) is 50.0 Å². The van der Waals surface area contributed by atoms with E-state index >= 15 is 0 Å². The van der Waals surface area contributed by atoms with E-state index in [2.05, 4.69) is 10.4 Å². The summed E-state index contributed by atoms with van der Waals surface area (Å²) in [5, 5.41) is 7.89. The molecule has 0 aliphatic heterocycles. The topological polar surface area (TPSA) is 59.8 Å². The first-order chi connectivity index (χ1) is 14.0. The Morgan fingerprint density at radius 1 is 1.14 bits per heavy atom. The SMILES string of the molecule is CC(Sc1nc(C2CC2)n(-c2ccccc2)n1)C(=O)NC(C)c1ccc(F)cc1. The molecule has 1 aliphatic carbocycles. The molecule has 5 nitrogen and oxygen atoms in total. The number of aromatic nitrogens is 3. The van der Waals surface area contributed by atoms with Crippen LogP contribution in [-0.4, -0.2) is 25.9 Å². The highest BCUT2D eigenvalue weighted by molar-refractivity contribution is 8.00. The van der Waals surface area contributed by atoms with E-state index in [1.165, 1.54) is 23.9 Å². The molecule has 1 N–H and O–H groups in total. The van der Waals surface area contributed by atoms with Crippen LogP contribution >= 0.6 is 11.8 Å². The van der Waals surface area contributed by atoms with E-state index in [0.29, 0.717) is 11.1 Å². The Bertz CT molecular complexity index is 986. The van der Waals surface area contributed by atoms with Crippen LogP contribution in [-0.2, 0) is 4.79 Å². The van der Waals surface area contributed by atoms with Crippen molar-refractivity contribution in [2.24, 2.45) is 0 Å². The van der Waals surface area contributed by atoms with E-state index in [9.17, 15) is 9.18 Å². The molecule has 0 spiro atoms. The van der Waals surface area contributed by atoms with Crippen molar-refractivity contribution in [1.82, 2.24) is 20.1 Å². The van der Waals surface area contributed by atoms with Gasteiger partial charge in [0, 0.05) is 5.92 Å². The number of carbonyl (C=O) groups excluding carboxylic acids is 1. The Morgan fingerprint density at radius 2 is 1.83 bits per heavy atom. The Balaban J connectivity index is 1.44. The highest BCUT2D eigenvalue weighted by atomic mass is 32.2. The summed E-state index contributed by atoms with van der Waals surface area (Å²) in [6.45, 7) is 3.73. The maximum Gasteiger partial charge on any atom is 0.233 e. The molecule has 1 aromatic heterocycles. The molecule has 0 saturated heterocycles. The molecule has 2 aromatic carbocycles. The molecule has 1 fully saturated rings. The zero-order valence-corrected chi connectivity index (χ0v) is 17.2. The van der Waals surface area contributed by atoms with Gasteiger partial charge in [-0.25, -0.2) is 14.1 Å². The average molecular weight is 411 g/mol. The van der Waals surface area contributed by atoms with Crippen molar-refractivity contribution in [1.29, 1.82) is 0 Å². The summed E-state index contributed by atoms with van der Waals surface area (Å²) in [7, 11) is 0. The lowest BCUT2D eigenvalue weighted by Crippen LogP contribution is -2.33. The third-order valence-electron chi connectivity index (χ3n) is 4.94. The third-order valence-corrected chi connectivity index (χ3v) is 5.89. The third kappa shape index (κ3) is 4.67. The number of hydrogen-bond donors (Lipinski definition) is 1. The fourth-order valence-electron chi connectivity index (χ4n) is 3.10. The quantitative estimate of drug-likeness (QED) is 0.577. The van der Waals surface area contributed by atoms with Crippen LogP contribution in [0.4, 0.5) is 4.39 Å². The molecule has 2 atom stereocenters. The molecule has 1 amide bonds. The van der Waals surface area contributed by atoms with E-state index in [-0.39, 0.29) is 23.0 Å². The number of amides is 1. The molecule has 2 unspecified atom stereocenters. The molecule has 3 aromatic rings. The summed E-state index contributed by atoms with van der Waals surface area (Å²) in [5.74, 6) is 1.02. The fourth-order valence-corrected chi connectivity index (χ4v) is 3.86. The van der Waals surface area contributed by atoms with Crippen molar-refractivity contribution in [3.63, 3.8) is 0 Å². The molecule has 1 aliphatic rings. The lowest BCUT2D eigenvalue weighted by Gasteiger charge is -2.17. The van der Waals surface area contributed by atoms with Gasteiger partial charge in [-0.1, -0.05) is 42.1 Å². The van der Waals surface area contributed by atoms with Crippen LogP contribution in [0.2, 0.25) is 0 Å². The molecular weight excluding hydrogens is 387 g/mol. The number of hydrogen-bond acceptors (Lipinski definition) is 4. The second-order valence-electron chi connectivity index (χ2n) is 7.32. The van der Waals surface area contributed by atoms with Crippen LogP contribution < -0.4 is 5.32 Å². The Morgan fingerprint density at radius 3 is 2.48 bits per heavy atom. The fraction of sp³-hybridized carbons (Fsp3) is 0.318. The van der Waals surface area contributed by atoms with Crippen LogP contribution in [0.25, 0.3) is 5.69 Å². The number of carbonyl (C=O) groups is 1. The highest BCUT2D eigenvalue weighted by Crippen LogP contribution is 2.40. The van der Waals surface area contributed by atoms with Gasteiger partial charge in [-0.15, -0.1) is 5.10 Å². The van der Waals surface area contributed by atoms with Gasteiger partial charge in [0.2, 0.25) is 11.1 Å². The molecule has 0 radical (unpaired) electrons. The minimum absolute atomic E-state index is 0.101. The van der Waals surface area contributed by atoms with Crippen LogP contribution in [0.5, 0.6) is 0 Å². The maximum absolute atomic E-state index is 13.1. The van der Waals surface area contributed by atoms with Crippen LogP contribution in [0, 0.1) is 5.82 Å². The standard InChI is InChI=1S/C22H23FN4OS/c1-14(16-10-12-18(23)13-11-16)24-21(28)15(2)29-22-25-20(17-8-9-17)27(26-22)19-6-4-3-5-7-19/h3-7,10-15,17H,8-9H2,1-2H3,(H,24,28). The zero-order valence-electron chi connectivity index (χ0n) is 16.4. The molecule has 7 heteroatoms. The molecule has 150 valence electrons. The van der Waals surface area contributed by atoms with E-state index < -0.39 is 0 Å². The first-order valence-corrected chi connectivity index (χ1v) is 10.6. The molecule has 1 heterocycles. The van der Waals surface area contributed by atoms with Gasteiger partial charge >= 0.3 is 0 Å². The van der Waals surface area contributed by atoms with Gasteiger partial charge in [-0.2, -0.15) is 0 Å². The minimum Gasteiger partial charge on any atom is -0.349 e. The van der Waals surface area contributed by atoms with Gasteiger partial charge in [-0.05, 0) is 56.5 Å². The Labute approximate surface area is 173 Å². The molecule has 4 rings (SSSR count).